The van der Waals surface area contributed by atoms with Crippen LogP contribution in [-0.4, -0.2) is 44.3 Å². The summed E-state index contributed by atoms with van der Waals surface area (Å²) >= 11 is 0. The molecule has 8 heteroatoms. The molecule has 0 aromatic carbocycles. The number of amides is 1. The lowest BCUT2D eigenvalue weighted by molar-refractivity contribution is -0.130. The largest absolute Gasteiger partial charge is 0.339 e. The maximum absolute atomic E-state index is 12.4. The number of carbonyl (C=O) groups excluding carboxylic acids is 1. The number of carbonyl (C=O) groups is 1. The maximum Gasteiger partial charge on any atom is 0.226 e. The Morgan fingerprint density at radius 3 is 3.12 bits per heavy atom. The van der Waals surface area contributed by atoms with Crippen molar-refractivity contribution in [2.75, 3.05) is 13.6 Å². The van der Waals surface area contributed by atoms with Gasteiger partial charge in [-0.25, -0.2) is 0 Å². The van der Waals surface area contributed by atoms with E-state index in [0.29, 0.717) is 37.0 Å². The van der Waals surface area contributed by atoms with Crippen LogP contribution in [0.25, 0.3) is 0 Å². The second-order valence-electron chi connectivity index (χ2n) is 7.33. The first kappa shape index (κ1) is 18.6. The molecule has 1 N–H and O–H groups in total. The van der Waals surface area contributed by atoms with Crippen molar-refractivity contribution < 1.29 is 9.32 Å². The number of hydrogen-bond donors (Lipinski definition) is 1. The van der Waals surface area contributed by atoms with Gasteiger partial charge in [0.05, 0.1) is 17.9 Å². The van der Waals surface area contributed by atoms with Gasteiger partial charge in [-0.05, 0) is 24.9 Å². The quantitative estimate of drug-likeness (QED) is 0.806. The van der Waals surface area contributed by atoms with Crippen LogP contribution in [-0.2, 0) is 37.3 Å². The van der Waals surface area contributed by atoms with E-state index in [2.05, 4.69) is 45.2 Å². The predicted octanol–water partition coefficient (Wildman–Crippen LogP) is 1.55. The molecule has 3 heterocycles. The highest BCUT2D eigenvalue weighted by atomic mass is 16.5. The van der Waals surface area contributed by atoms with Crippen LogP contribution in [0.4, 0.5) is 0 Å². The number of aromatic nitrogens is 4. The number of fused-ring (bicyclic) bond motifs is 1. The average molecular weight is 360 g/mol. The summed E-state index contributed by atoms with van der Waals surface area (Å²) in [5, 5.41) is 12.0. The predicted molar refractivity (Wildman–Crippen MR) is 96.2 cm³/mol. The van der Waals surface area contributed by atoms with E-state index >= 15 is 0 Å². The van der Waals surface area contributed by atoms with Gasteiger partial charge in [0.1, 0.15) is 0 Å². The Kier molecular flexibility index (Phi) is 6.03. The molecule has 142 valence electrons. The molecule has 0 saturated heterocycles. The van der Waals surface area contributed by atoms with E-state index in [9.17, 15) is 4.79 Å². The number of nitrogens with one attached hydrogen (secondary N) is 1. The average Bonchev–Trinajstić information content (AvgIpc) is 3.12. The summed E-state index contributed by atoms with van der Waals surface area (Å²) in [5.41, 5.74) is 2.17. The van der Waals surface area contributed by atoms with Gasteiger partial charge in [0.15, 0.2) is 5.82 Å². The zero-order valence-corrected chi connectivity index (χ0v) is 15.9. The first-order valence-corrected chi connectivity index (χ1v) is 9.33. The molecule has 2 aromatic rings. The molecule has 0 radical (unpaired) electrons. The molecule has 1 aliphatic heterocycles. The van der Waals surface area contributed by atoms with Crippen molar-refractivity contribution in [1.29, 1.82) is 0 Å². The van der Waals surface area contributed by atoms with Gasteiger partial charge >= 0.3 is 0 Å². The lowest BCUT2D eigenvalue weighted by Gasteiger charge is -2.14. The third-order valence-electron chi connectivity index (χ3n) is 4.44. The van der Waals surface area contributed by atoms with Crippen molar-refractivity contribution in [3.05, 3.63) is 29.2 Å². The molecular formula is C18H28N6O2. The highest BCUT2D eigenvalue weighted by Gasteiger charge is 2.16. The minimum absolute atomic E-state index is 0.0570. The summed E-state index contributed by atoms with van der Waals surface area (Å²) in [6, 6.07) is 2.10. The van der Waals surface area contributed by atoms with Gasteiger partial charge in [0.25, 0.3) is 0 Å². The Balaban J connectivity index is 1.49. The molecule has 26 heavy (non-hydrogen) atoms. The molecule has 1 amide bonds. The van der Waals surface area contributed by atoms with Crippen LogP contribution in [0.5, 0.6) is 0 Å². The van der Waals surface area contributed by atoms with Crippen LogP contribution in [0.1, 0.15) is 49.8 Å². The number of nitrogens with zero attached hydrogens (tertiary/aromatic N) is 5. The molecule has 0 bridgehead atoms. The van der Waals surface area contributed by atoms with E-state index in [1.807, 2.05) is 0 Å². The Labute approximate surface area is 153 Å². The van der Waals surface area contributed by atoms with Crippen molar-refractivity contribution in [3.63, 3.8) is 0 Å². The fourth-order valence-electron chi connectivity index (χ4n) is 3.06. The molecule has 0 aliphatic carbocycles. The third kappa shape index (κ3) is 4.91. The van der Waals surface area contributed by atoms with Gasteiger partial charge in [-0.2, -0.15) is 10.1 Å². The normalized spacial score (nSPS) is 14.3. The highest BCUT2D eigenvalue weighted by Crippen LogP contribution is 2.11. The van der Waals surface area contributed by atoms with E-state index in [0.717, 1.165) is 38.2 Å². The van der Waals surface area contributed by atoms with Gasteiger partial charge < -0.3 is 14.7 Å². The molecule has 2 aromatic heterocycles. The fraction of sp³-hybridized carbons (Fsp3) is 0.667. The summed E-state index contributed by atoms with van der Waals surface area (Å²) in [6.45, 7) is 7.38. The zero-order chi connectivity index (χ0) is 18.5. The Morgan fingerprint density at radius 1 is 1.46 bits per heavy atom. The molecule has 1 aliphatic rings. The third-order valence-corrected chi connectivity index (χ3v) is 4.44. The van der Waals surface area contributed by atoms with Crippen molar-refractivity contribution in [3.8, 4) is 0 Å². The van der Waals surface area contributed by atoms with Crippen LogP contribution in [0.2, 0.25) is 0 Å². The fourth-order valence-corrected chi connectivity index (χ4v) is 3.06. The minimum Gasteiger partial charge on any atom is -0.339 e. The summed E-state index contributed by atoms with van der Waals surface area (Å²) in [5.74, 6) is 1.70. The van der Waals surface area contributed by atoms with Crippen molar-refractivity contribution in [2.45, 2.75) is 59.2 Å². The van der Waals surface area contributed by atoms with E-state index in [-0.39, 0.29) is 5.91 Å². The summed E-state index contributed by atoms with van der Waals surface area (Å²) in [7, 11) is 1.77. The van der Waals surface area contributed by atoms with Crippen LogP contribution >= 0.6 is 0 Å². The molecule has 0 atom stereocenters. The van der Waals surface area contributed by atoms with Crippen LogP contribution < -0.4 is 5.32 Å². The van der Waals surface area contributed by atoms with E-state index in [1.165, 1.54) is 5.69 Å². The van der Waals surface area contributed by atoms with Gasteiger partial charge in [-0.15, -0.1) is 0 Å². The van der Waals surface area contributed by atoms with Crippen LogP contribution in [0, 0.1) is 5.92 Å². The first-order chi connectivity index (χ1) is 12.5. The van der Waals surface area contributed by atoms with Crippen molar-refractivity contribution >= 4 is 5.91 Å². The van der Waals surface area contributed by atoms with Gasteiger partial charge in [0.2, 0.25) is 11.8 Å². The van der Waals surface area contributed by atoms with E-state index in [1.54, 1.807) is 11.9 Å². The Bertz CT molecular complexity index is 712. The van der Waals surface area contributed by atoms with Gasteiger partial charge in [0, 0.05) is 39.4 Å². The zero-order valence-electron chi connectivity index (χ0n) is 15.9. The minimum atomic E-state index is 0.0570. The van der Waals surface area contributed by atoms with Gasteiger partial charge in [-0.1, -0.05) is 19.0 Å². The highest BCUT2D eigenvalue weighted by molar-refractivity contribution is 5.76. The lowest BCUT2D eigenvalue weighted by atomic mass is 10.1. The second-order valence-corrected chi connectivity index (χ2v) is 7.33. The number of aryl methyl sites for hydroxylation is 2. The molecule has 0 unspecified atom stereocenters. The topological polar surface area (TPSA) is 89.1 Å². The molecule has 0 fully saturated rings. The number of hydrogen-bond acceptors (Lipinski definition) is 6. The van der Waals surface area contributed by atoms with E-state index in [4.69, 9.17) is 4.52 Å². The number of rotatable bonds is 7. The smallest absolute Gasteiger partial charge is 0.226 e. The summed E-state index contributed by atoms with van der Waals surface area (Å²) < 4.78 is 7.28. The van der Waals surface area contributed by atoms with Crippen LogP contribution in [0.3, 0.4) is 0 Å². The monoisotopic (exact) mass is 360 g/mol. The Hall–Kier alpha value is -2.22. The second kappa shape index (κ2) is 8.44. The molecule has 8 nitrogen and oxygen atoms in total. The van der Waals surface area contributed by atoms with Crippen LogP contribution in [0.15, 0.2) is 10.6 Å². The maximum atomic E-state index is 12.4. The Morgan fingerprint density at radius 2 is 2.31 bits per heavy atom. The van der Waals surface area contributed by atoms with Gasteiger partial charge in [-0.3, -0.25) is 9.48 Å². The molecule has 0 saturated carbocycles. The molecular weight excluding hydrogens is 332 g/mol. The van der Waals surface area contributed by atoms with Crippen molar-refractivity contribution in [1.82, 2.24) is 30.1 Å². The molecule has 0 spiro atoms. The summed E-state index contributed by atoms with van der Waals surface area (Å²) in [6.07, 6.45) is 2.91. The summed E-state index contributed by atoms with van der Waals surface area (Å²) in [4.78, 5) is 18.4. The lowest BCUT2D eigenvalue weighted by Crippen LogP contribution is -2.27. The van der Waals surface area contributed by atoms with Crippen molar-refractivity contribution in [2.24, 2.45) is 5.92 Å². The van der Waals surface area contributed by atoms with E-state index < -0.39 is 0 Å². The standard InChI is InChI=1S/C18H28N6O2/c1-13(2)9-17-20-16(22-26-17)12-23(3)18(25)6-5-14-10-15-11-19-7-4-8-24(15)21-14/h10,13,19H,4-9,11-12H2,1-3H3. The first-order valence-electron chi connectivity index (χ1n) is 9.33. The molecule has 3 rings (SSSR count). The SMILES string of the molecule is CC(C)Cc1nc(CN(C)C(=O)CCc2cc3n(n2)CCCNC3)no1.